The SMILES string of the molecule is COC(=O)CCCCCCCN=C(N)NC1CCCCC1.I. The molecule has 0 aromatic heterocycles. The lowest BCUT2D eigenvalue weighted by molar-refractivity contribution is -0.140. The number of nitrogens with two attached hydrogens (primary N) is 1. The number of hydrogen-bond donors (Lipinski definition) is 2. The van der Waals surface area contributed by atoms with E-state index >= 15 is 0 Å². The average molecular weight is 425 g/mol. The lowest BCUT2D eigenvalue weighted by Crippen LogP contribution is -2.41. The van der Waals surface area contributed by atoms with Crippen molar-refractivity contribution in [3.05, 3.63) is 0 Å². The van der Waals surface area contributed by atoms with Gasteiger partial charge in [-0.15, -0.1) is 24.0 Å². The molecule has 3 N–H and O–H groups in total. The van der Waals surface area contributed by atoms with Gasteiger partial charge in [0.05, 0.1) is 7.11 Å². The zero-order valence-electron chi connectivity index (χ0n) is 13.8. The van der Waals surface area contributed by atoms with Gasteiger partial charge in [-0.2, -0.15) is 0 Å². The van der Waals surface area contributed by atoms with Crippen molar-refractivity contribution in [3.8, 4) is 0 Å². The number of guanidine groups is 1. The Kier molecular flexibility index (Phi) is 13.7. The molecule has 0 bridgehead atoms. The van der Waals surface area contributed by atoms with Crippen LogP contribution in [0.15, 0.2) is 4.99 Å². The molecule has 0 atom stereocenters. The van der Waals surface area contributed by atoms with E-state index in [1.807, 2.05) is 0 Å². The molecular weight excluding hydrogens is 393 g/mol. The topological polar surface area (TPSA) is 76.7 Å². The van der Waals surface area contributed by atoms with E-state index in [9.17, 15) is 4.79 Å². The Hall–Kier alpha value is -0.530. The highest BCUT2D eigenvalue weighted by molar-refractivity contribution is 14.0. The number of carbonyl (C=O) groups excluding carboxylic acids is 1. The summed E-state index contributed by atoms with van der Waals surface area (Å²) in [4.78, 5) is 15.3. The molecule has 0 amide bonds. The second kappa shape index (κ2) is 14.1. The number of halogens is 1. The lowest BCUT2D eigenvalue weighted by atomic mass is 9.96. The maximum atomic E-state index is 10.9. The smallest absolute Gasteiger partial charge is 0.305 e. The molecule has 5 nitrogen and oxygen atoms in total. The second-order valence-corrected chi connectivity index (χ2v) is 5.84. The summed E-state index contributed by atoms with van der Waals surface area (Å²) in [7, 11) is 1.44. The van der Waals surface area contributed by atoms with Gasteiger partial charge in [0, 0.05) is 19.0 Å². The van der Waals surface area contributed by atoms with Gasteiger partial charge in [-0.25, -0.2) is 0 Å². The first-order valence-corrected chi connectivity index (χ1v) is 8.35. The minimum atomic E-state index is -0.110. The van der Waals surface area contributed by atoms with E-state index in [-0.39, 0.29) is 29.9 Å². The molecule has 22 heavy (non-hydrogen) atoms. The summed E-state index contributed by atoms with van der Waals surface area (Å²) in [6.45, 7) is 0.794. The number of ether oxygens (including phenoxy) is 1. The van der Waals surface area contributed by atoms with Gasteiger partial charge in [-0.3, -0.25) is 9.79 Å². The zero-order valence-corrected chi connectivity index (χ0v) is 16.1. The maximum Gasteiger partial charge on any atom is 0.305 e. The summed E-state index contributed by atoms with van der Waals surface area (Å²) in [5.41, 5.74) is 5.90. The number of nitrogens with zero attached hydrogens (tertiary/aromatic N) is 1. The fourth-order valence-corrected chi connectivity index (χ4v) is 2.71. The van der Waals surface area contributed by atoms with Crippen LogP contribution in [-0.4, -0.2) is 31.6 Å². The molecule has 130 valence electrons. The van der Waals surface area contributed by atoms with E-state index in [1.54, 1.807) is 0 Å². The average Bonchev–Trinajstić information content (AvgIpc) is 2.50. The van der Waals surface area contributed by atoms with Crippen LogP contribution < -0.4 is 11.1 Å². The molecule has 1 saturated carbocycles. The summed E-state index contributed by atoms with van der Waals surface area (Å²) < 4.78 is 4.61. The van der Waals surface area contributed by atoms with Crippen LogP contribution in [0, 0.1) is 0 Å². The fourth-order valence-electron chi connectivity index (χ4n) is 2.71. The van der Waals surface area contributed by atoms with E-state index in [2.05, 4.69) is 15.0 Å². The Labute approximate surface area is 151 Å². The van der Waals surface area contributed by atoms with Crippen molar-refractivity contribution in [2.75, 3.05) is 13.7 Å². The minimum absolute atomic E-state index is 0. The molecule has 1 fully saturated rings. The minimum Gasteiger partial charge on any atom is -0.469 e. The Morgan fingerprint density at radius 1 is 1.14 bits per heavy atom. The van der Waals surface area contributed by atoms with E-state index in [0.29, 0.717) is 18.4 Å². The Bertz CT molecular complexity index is 319. The summed E-state index contributed by atoms with van der Waals surface area (Å²) in [6, 6.07) is 0.529. The maximum absolute atomic E-state index is 10.9. The molecule has 0 aromatic rings. The molecule has 1 rings (SSSR count). The number of methoxy groups -OCH3 is 1. The molecule has 0 spiro atoms. The van der Waals surface area contributed by atoms with Crippen molar-refractivity contribution < 1.29 is 9.53 Å². The van der Waals surface area contributed by atoms with Crippen LogP contribution in [0.2, 0.25) is 0 Å². The fraction of sp³-hybridized carbons (Fsp3) is 0.875. The number of esters is 1. The third-order valence-corrected chi connectivity index (χ3v) is 4.01. The van der Waals surface area contributed by atoms with Crippen molar-refractivity contribution in [2.24, 2.45) is 10.7 Å². The Morgan fingerprint density at radius 2 is 1.77 bits per heavy atom. The van der Waals surface area contributed by atoms with Crippen molar-refractivity contribution in [3.63, 3.8) is 0 Å². The molecular formula is C16H32IN3O2. The van der Waals surface area contributed by atoms with E-state index < -0.39 is 0 Å². The number of nitrogens with one attached hydrogen (secondary N) is 1. The Balaban J connectivity index is 0.00000441. The first-order valence-electron chi connectivity index (χ1n) is 8.35. The second-order valence-electron chi connectivity index (χ2n) is 5.84. The van der Waals surface area contributed by atoms with Crippen LogP contribution in [0.25, 0.3) is 0 Å². The summed E-state index contributed by atoms with van der Waals surface area (Å²) in [6.07, 6.45) is 12.3. The van der Waals surface area contributed by atoms with Gasteiger partial charge in [0.25, 0.3) is 0 Å². The molecule has 0 heterocycles. The van der Waals surface area contributed by atoms with E-state index in [1.165, 1.54) is 39.2 Å². The van der Waals surface area contributed by atoms with Crippen molar-refractivity contribution in [1.29, 1.82) is 0 Å². The van der Waals surface area contributed by atoms with Crippen LogP contribution >= 0.6 is 24.0 Å². The predicted octanol–water partition coefficient (Wildman–Crippen LogP) is 3.36. The first kappa shape index (κ1) is 21.5. The molecule has 1 aliphatic carbocycles. The van der Waals surface area contributed by atoms with E-state index in [0.717, 1.165) is 38.6 Å². The van der Waals surface area contributed by atoms with Gasteiger partial charge in [-0.1, -0.05) is 38.5 Å². The lowest BCUT2D eigenvalue weighted by Gasteiger charge is -2.23. The van der Waals surface area contributed by atoms with Crippen molar-refractivity contribution >= 4 is 35.9 Å². The zero-order chi connectivity index (χ0) is 15.3. The highest BCUT2D eigenvalue weighted by Crippen LogP contribution is 2.17. The molecule has 0 saturated heterocycles. The molecule has 0 radical (unpaired) electrons. The molecule has 0 unspecified atom stereocenters. The van der Waals surface area contributed by atoms with Gasteiger partial charge in [0.2, 0.25) is 0 Å². The van der Waals surface area contributed by atoms with Gasteiger partial charge in [0.15, 0.2) is 5.96 Å². The van der Waals surface area contributed by atoms with Gasteiger partial charge in [-0.05, 0) is 25.7 Å². The standard InChI is InChI=1S/C16H31N3O2.HI/c1-21-15(20)12-8-3-2-4-9-13-18-16(17)19-14-10-6-5-7-11-14;/h14H,2-13H2,1H3,(H3,17,18,19);1H. The molecule has 6 heteroatoms. The Morgan fingerprint density at radius 3 is 2.45 bits per heavy atom. The highest BCUT2D eigenvalue weighted by atomic mass is 127. The third-order valence-electron chi connectivity index (χ3n) is 4.01. The highest BCUT2D eigenvalue weighted by Gasteiger charge is 2.12. The van der Waals surface area contributed by atoms with Crippen molar-refractivity contribution in [2.45, 2.75) is 76.7 Å². The van der Waals surface area contributed by atoms with E-state index in [4.69, 9.17) is 5.73 Å². The van der Waals surface area contributed by atoms with Crippen LogP contribution in [0.3, 0.4) is 0 Å². The number of carbonyl (C=O) groups is 1. The van der Waals surface area contributed by atoms with Gasteiger partial charge < -0.3 is 15.8 Å². The summed E-state index contributed by atoms with van der Waals surface area (Å²) >= 11 is 0. The summed E-state index contributed by atoms with van der Waals surface area (Å²) in [5, 5.41) is 3.33. The molecule has 0 aromatic carbocycles. The van der Waals surface area contributed by atoms with Crippen LogP contribution in [0.5, 0.6) is 0 Å². The molecule has 1 aliphatic rings. The van der Waals surface area contributed by atoms with Gasteiger partial charge in [0.1, 0.15) is 0 Å². The number of unbranched alkanes of at least 4 members (excludes halogenated alkanes) is 4. The normalized spacial score (nSPS) is 16.0. The first-order chi connectivity index (χ1) is 10.2. The largest absolute Gasteiger partial charge is 0.469 e. The number of rotatable bonds is 9. The van der Waals surface area contributed by atoms with Gasteiger partial charge >= 0.3 is 5.97 Å². The van der Waals surface area contributed by atoms with Crippen LogP contribution in [-0.2, 0) is 9.53 Å². The number of aliphatic imine (C=N–C) groups is 1. The number of hydrogen-bond acceptors (Lipinski definition) is 3. The van der Waals surface area contributed by atoms with Crippen LogP contribution in [0.4, 0.5) is 0 Å². The predicted molar refractivity (Wildman–Crippen MR) is 102 cm³/mol. The monoisotopic (exact) mass is 425 g/mol. The van der Waals surface area contributed by atoms with Crippen LogP contribution in [0.1, 0.15) is 70.6 Å². The quantitative estimate of drug-likeness (QED) is 0.195. The third kappa shape index (κ3) is 11.1. The summed E-state index contributed by atoms with van der Waals surface area (Å²) in [5.74, 6) is 0.494. The molecule has 0 aliphatic heterocycles. The van der Waals surface area contributed by atoms with Crippen molar-refractivity contribution in [1.82, 2.24) is 5.32 Å².